The third-order valence-corrected chi connectivity index (χ3v) is 3.67. The number of carbonyl (C=O) groups is 1. The van der Waals surface area contributed by atoms with E-state index in [1.54, 1.807) is 19.2 Å². The largest absolute Gasteiger partial charge is 0.484 e. The second-order valence-corrected chi connectivity index (χ2v) is 5.97. The van der Waals surface area contributed by atoms with Gasteiger partial charge < -0.3 is 20.7 Å². The number of hydrogen-bond donors (Lipinski definition) is 3. The molecule has 0 unspecified atom stereocenters. The van der Waals surface area contributed by atoms with Gasteiger partial charge in [-0.3, -0.25) is 9.79 Å². The molecule has 3 N–H and O–H groups in total. The Morgan fingerprint density at radius 1 is 1.15 bits per heavy atom. The first-order chi connectivity index (χ1) is 12.4. The van der Waals surface area contributed by atoms with Crippen LogP contribution >= 0.6 is 0 Å². The van der Waals surface area contributed by atoms with E-state index in [1.807, 2.05) is 0 Å². The summed E-state index contributed by atoms with van der Waals surface area (Å²) in [5.74, 6) is 1.03. The van der Waals surface area contributed by atoms with Gasteiger partial charge in [0.25, 0.3) is 0 Å². The van der Waals surface area contributed by atoms with Crippen molar-refractivity contribution in [1.82, 2.24) is 16.0 Å². The van der Waals surface area contributed by atoms with E-state index in [-0.39, 0.29) is 17.6 Å². The maximum atomic E-state index is 12.1. The van der Waals surface area contributed by atoms with Crippen molar-refractivity contribution in [2.24, 2.45) is 10.9 Å². The zero-order valence-electron chi connectivity index (χ0n) is 14.5. The van der Waals surface area contributed by atoms with Crippen molar-refractivity contribution in [3.63, 3.8) is 0 Å². The van der Waals surface area contributed by atoms with Gasteiger partial charge in [0, 0.05) is 32.6 Å². The number of nitrogens with zero attached hydrogens (tertiary/aromatic N) is 1. The number of carbonyl (C=O) groups excluding carboxylic acids is 1. The lowest BCUT2D eigenvalue weighted by Gasteiger charge is -2.13. The summed E-state index contributed by atoms with van der Waals surface area (Å²) in [5, 5.41) is 9.02. The molecular weight excluding hydrogens is 349 g/mol. The standard InChI is InChI=1S/C17H23F3N4O2/c1-21-16(23-9-8-22-15(25)13-4-5-13)24-10-12-2-6-14(7-3-12)26-11-17(18,19)20/h2-3,6-7,13H,4-5,8-11H2,1H3,(H,22,25)(H2,21,23,24). The van der Waals surface area contributed by atoms with Crippen LogP contribution in [-0.4, -0.2) is 44.8 Å². The summed E-state index contributed by atoms with van der Waals surface area (Å²) in [6, 6.07) is 6.35. The summed E-state index contributed by atoms with van der Waals surface area (Å²) in [7, 11) is 1.63. The van der Waals surface area contributed by atoms with Gasteiger partial charge in [0.2, 0.25) is 5.91 Å². The Labute approximate surface area is 150 Å². The Kier molecular flexibility index (Phi) is 7.11. The first kappa shape index (κ1) is 19.9. The predicted octanol–water partition coefficient (Wildman–Crippen LogP) is 1.82. The summed E-state index contributed by atoms with van der Waals surface area (Å²) in [4.78, 5) is 15.6. The molecule has 1 aliphatic rings. The molecule has 0 atom stereocenters. The molecule has 0 aromatic heterocycles. The van der Waals surface area contributed by atoms with Crippen LogP contribution in [-0.2, 0) is 11.3 Å². The minimum Gasteiger partial charge on any atom is -0.484 e. The number of hydrogen-bond acceptors (Lipinski definition) is 3. The monoisotopic (exact) mass is 372 g/mol. The zero-order chi connectivity index (χ0) is 19.0. The molecule has 1 aromatic rings. The Bertz CT molecular complexity index is 613. The summed E-state index contributed by atoms with van der Waals surface area (Å²) in [6.07, 6.45) is -2.40. The van der Waals surface area contributed by atoms with Crippen molar-refractivity contribution >= 4 is 11.9 Å². The van der Waals surface area contributed by atoms with E-state index < -0.39 is 12.8 Å². The van der Waals surface area contributed by atoms with Crippen LogP contribution in [0.3, 0.4) is 0 Å². The van der Waals surface area contributed by atoms with Gasteiger partial charge in [-0.05, 0) is 30.5 Å². The molecule has 0 saturated heterocycles. The summed E-state index contributed by atoms with van der Waals surface area (Å²) < 4.78 is 41.0. The highest BCUT2D eigenvalue weighted by Crippen LogP contribution is 2.28. The molecule has 2 rings (SSSR count). The Morgan fingerprint density at radius 3 is 2.38 bits per heavy atom. The van der Waals surface area contributed by atoms with Gasteiger partial charge in [-0.2, -0.15) is 13.2 Å². The van der Waals surface area contributed by atoms with Gasteiger partial charge >= 0.3 is 6.18 Å². The molecule has 0 aliphatic heterocycles. The van der Waals surface area contributed by atoms with Gasteiger partial charge in [-0.1, -0.05) is 12.1 Å². The summed E-state index contributed by atoms with van der Waals surface area (Å²) in [6.45, 7) is 0.204. The van der Waals surface area contributed by atoms with E-state index in [0.717, 1.165) is 18.4 Å². The number of rotatable bonds is 8. The van der Waals surface area contributed by atoms with Crippen LogP contribution in [0.25, 0.3) is 0 Å². The van der Waals surface area contributed by atoms with Crippen molar-refractivity contribution in [3.8, 4) is 5.75 Å². The van der Waals surface area contributed by atoms with E-state index in [4.69, 9.17) is 0 Å². The van der Waals surface area contributed by atoms with Crippen LogP contribution < -0.4 is 20.7 Å². The molecule has 6 nitrogen and oxygen atoms in total. The fraction of sp³-hybridized carbons (Fsp3) is 0.529. The van der Waals surface area contributed by atoms with E-state index in [2.05, 4.69) is 25.7 Å². The first-order valence-corrected chi connectivity index (χ1v) is 8.38. The smallest absolute Gasteiger partial charge is 0.422 e. The van der Waals surface area contributed by atoms with Crippen molar-refractivity contribution < 1.29 is 22.7 Å². The molecule has 1 aromatic carbocycles. The van der Waals surface area contributed by atoms with Crippen molar-refractivity contribution in [1.29, 1.82) is 0 Å². The van der Waals surface area contributed by atoms with Crippen LogP contribution in [0.15, 0.2) is 29.3 Å². The first-order valence-electron chi connectivity index (χ1n) is 8.38. The summed E-state index contributed by atoms with van der Waals surface area (Å²) in [5.41, 5.74) is 0.870. The lowest BCUT2D eigenvalue weighted by atomic mass is 10.2. The SMILES string of the molecule is CN=C(NCCNC(=O)C1CC1)NCc1ccc(OCC(F)(F)F)cc1. The minimum atomic E-state index is -4.35. The third kappa shape index (κ3) is 7.62. The fourth-order valence-electron chi connectivity index (χ4n) is 2.13. The Morgan fingerprint density at radius 2 is 1.81 bits per heavy atom. The fourth-order valence-corrected chi connectivity index (χ4v) is 2.13. The maximum absolute atomic E-state index is 12.1. The van der Waals surface area contributed by atoms with Gasteiger partial charge in [-0.15, -0.1) is 0 Å². The van der Waals surface area contributed by atoms with Gasteiger partial charge in [0.15, 0.2) is 12.6 Å². The Balaban J connectivity index is 1.66. The molecule has 26 heavy (non-hydrogen) atoms. The zero-order valence-corrected chi connectivity index (χ0v) is 14.5. The molecule has 1 saturated carbocycles. The van der Waals surface area contributed by atoms with Crippen LogP contribution in [0, 0.1) is 5.92 Å². The molecule has 1 amide bonds. The molecular formula is C17H23F3N4O2. The maximum Gasteiger partial charge on any atom is 0.422 e. The molecule has 1 fully saturated rings. The molecule has 144 valence electrons. The third-order valence-electron chi connectivity index (χ3n) is 3.67. The second kappa shape index (κ2) is 9.30. The van der Waals surface area contributed by atoms with E-state index >= 15 is 0 Å². The number of alkyl halides is 3. The van der Waals surface area contributed by atoms with Crippen LogP contribution in [0.5, 0.6) is 5.75 Å². The average molecular weight is 372 g/mol. The number of ether oxygens (including phenoxy) is 1. The lowest BCUT2D eigenvalue weighted by molar-refractivity contribution is -0.153. The predicted molar refractivity (Wildman–Crippen MR) is 91.9 cm³/mol. The van der Waals surface area contributed by atoms with Crippen molar-refractivity contribution in [2.75, 3.05) is 26.7 Å². The van der Waals surface area contributed by atoms with Gasteiger partial charge in [0.1, 0.15) is 5.75 Å². The van der Waals surface area contributed by atoms with Crippen molar-refractivity contribution in [3.05, 3.63) is 29.8 Å². The molecule has 0 bridgehead atoms. The van der Waals surface area contributed by atoms with E-state index in [9.17, 15) is 18.0 Å². The molecule has 0 heterocycles. The molecule has 0 radical (unpaired) electrons. The number of halogens is 3. The highest BCUT2D eigenvalue weighted by atomic mass is 19.4. The number of guanidine groups is 1. The van der Waals surface area contributed by atoms with Crippen LogP contribution in [0.1, 0.15) is 18.4 Å². The minimum absolute atomic E-state index is 0.0996. The molecule has 1 aliphatic carbocycles. The number of benzene rings is 1. The van der Waals surface area contributed by atoms with Crippen LogP contribution in [0.2, 0.25) is 0 Å². The number of amides is 1. The summed E-state index contributed by atoms with van der Waals surface area (Å²) >= 11 is 0. The highest BCUT2D eigenvalue weighted by molar-refractivity contribution is 5.81. The van der Waals surface area contributed by atoms with Gasteiger partial charge in [-0.25, -0.2) is 0 Å². The number of nitrogens with one attached hydrogen (secondary N) is 3. The lowest BCUT2D eigenvalue weighted by Crippen LogP contribution is -2.41. The number of aliphatic imine (C=N–C) groups is 1. The normalized spacial score (nSPS) is 14.7. The quantitative estimate of drug-likeness (QED) is 0.370. The Hall–Kier alpha value is -2.45. The highest BCUT2D eigenvalue weighted by Gasteiger charge is 2.29. The topological polar surface area (TPSA) is 74.8 Å². The molecule has 0 spiro atoms. The van der Waals surface area contributed by atoms with Crippen molar-refractivity contribution in [2.45, 2.75) is 25.6 Å². The van der Waals surface area contributed by atoms with Crippen LogP contribution in [0.4, 0.5) is 13.2 Å². The van der Waals surface area contributed by atoms with E-state index in [0.29, 0.717) is 25.6 Å². The second-order valence-electron chi connectivity index (χ2n) is 5.97. The van der Waals surface area contributed by atoms with E-state index in [1.165, 1.54) is 12.1 Å². The van der Waals surface area contributed by atoms with Gasteiger partial charge in [0.05, 0.1) is 0 Å². The molecule has 9 heteroatoms. The average Bonchev–Trinajstić information content (AvgIpc) is 3.44.